The molecule has 0 unspecified atom stereocenters. The molecule has 26 heavy (non-hydrogen) atoms. The van der Waals surface area contributed by atoms with E-state index in [2.05, 4.69) is 25.7 Å². The van der Waals surface area contributed by atoms with Crippen LogP contribution in [0, 0.1) is 0 Å². The summed E-state index contributed by atoms with van der Waals surface area (Å²) in [4.78, 5) is 17.1. The third-order valence-corrected chi connectivity index (χ3v) is 5.02. The fraction of sp³-hybridized carbons (Fsp3) is 0.368. The van der Waals surface area contributed by atoms with Crippen LogP contribution >= 0.6 is 0 Å². The number of aromatic amines is 1. The SMILES string of the molecule is O=C(Nc1cccc(-c2noc(C3CC3)n2)c1)c1n[nH]c2c1CCCC2. The van der Waals surface area contributed by atoms with Crippen LogP contribution in [0.5, 0.6) is 0 Å². The number of anilines is 1. The fourth-order valence-corrected chi connectivity index (χ4v) is 3.44. The van der Waals surface area contributed by atoms with E-state index in [-0.39, 0.29) is 5.91 Å². The third-order valence-electron chi connectivity index (χ3n) is 5.02. The first kappa shape index (κ1) is 15.3. The monoisotopic (exact) mass is 349 g/mol. The van der Waals surface area contributed by atoms with E-state index < -0.39 is 0 Å². The van der Waals surface area contributed by atoms with Crippen molar-refractivity contribution < 1.29 is 9.32 Å². The molecular weight excluding hydrogens is 330 g/mol. The number of aromatic nitrogens is 4. The molecule has 2 aromatic heterocycles. The predicted molar refractivity (Wildman–Crippen MR) is 94.9 cm³/mol. The Morgan fingerprint density at radius 1 is 1.23 bits per heavy atom. The molecule has 2 aliphatic rings. The Labute approximate surface area is 150 Å². The highest BCUT2D eigenvalue weighted by Gasteiger charge is 2.29. The molecule has 0 atom stereocenters. The van der Waals surface area contributed by atoms with Gasteiger partial charge in [-0.3, -0.25) is 9.89 Å². The summed E-state index contributed by atoms with van der Waals surface area (Å²) in [5, 5.41) is 14.2. The molecule has 1 amide bonds. The molecule has 7 nitrogen and oxygen atoms in total. The summed E-state index contributed by atoms with van der Waals surface area (Å²) in [5.41, 5.74) is 4.16. The summed E-state index contributed by atoms with van der Waals surface area (Å²) in [6.07, 6.45) is 6.35. The molecule has 0 aliphatic heterocycles. The van der Waals surface area contributed by atoms with Crippen LogP contribution in [0.1, 0.15) is 59.2 Å². The van der Waals surface area contributed by atoms with Crippen LogP contribution in [0.25, 0.3) is 11.4 Å². The summed E-state index contributed by atoms with van der Waals surface area (Å²) in [6.45, 7) is 0. The molecular formula is C19H19N5O2. The Bertz CT molecular complexity index is 970. The van der Waals surface area contributed by atoms with Gasteiger partial charge in [0.1, 0.15) is 0 Å². The minimum Gasteiger partial charge on any atom is -0.339 e. The first-order valence-electron chi connectivity index (χ1n) is 9.09. The number of carbonyl (C=O) groups is 1. The van der Waals surface area contributed by atoms with E-state index in [1.807, 2.05) is 24.3 Å². The smallest absolute Gasteiger partial charge is 0.276 e. The van der Waals surface area contributed by atoms with Crippen LogP contribution in [-0.2, 0) is 12.8 Å². The van der Waals surface area contributed by atoms with Gasteiger partial charge in [0.25, 0.3) is 5.91 Å². The van der Waals surface area contributed by atoms with Gasteiger partial charge in [-0.2, -0.15) is 10.1 Å². The van der Waals surface area contributed by atoms with E-state index in [4.69, 9.17) is 4.52 Å². The standard InChI is InChI=1S/C19H19N5O2/c25-18(16-14-6-1-2-7-15(14)22-23-16)20-13-5-3-4-12(10-13)17-21-19(26-24-17)11-8-9-11/h3-5,10-11H,1-2,6-9H2,(H,20,25)(H,22,23). The van der Waals surface area contributed by atoms with Crippen LogP contribution in [0.2, 0.25) is 0 Å². The Hall–Kier alpha value is -2.96. The third kappa shape index (κ3) is 2.79. The summed E-state index contributed by atoms with van der Waals surface area (Å²) < 4.78 is 5.32. The van der Waals surface area contributed by atoms with Gasteiger partial charge in [-0.05, 0) is 50.7 Å². The molecule has 1 aromatic carbocycles. The molecule has 1 saturated carbocycles. The zero-order valence-electron chi connectivity index (χ0n) is 14.3. The van der Waals surface area contributed by atoms with Crippen molar-refractivity contribution in [2.45, 2.75) is 44.4 Å². The second-order valence-electron chi connectivity index (χ2n) is 7.00. The van der Waals surface area contributed by atoms with Crippen molar-refractivity contribution in [3.05, 3.63) is 47.1 Å². The molecule has 2 heterocycles. The lowest BCUT2D eigenvalue weighted by Crippen LogP contribution is -2.15. The second kappa shape index (κ2) is 6.09. The van der Waals surface area contributed by atoms with Crippen LogP contribution in [0.3, 0.4) is 0 Å². The normalized spacial score (nSPS) is 16.3. The van der Waals surface area contributed by atoms with Gasteiger partial charge in [0.2, 0.25) is 11.7 Å². The van der Waals surface area contributed by atoms with E-state index in [1.54, 1.807) is 0 Å². The highest BCUT2D eigenvalue weighted by molar-refractivity contribution is 6.04. The predicted octanol–water partition coefficient (Wildman–Crippen LogP) is 3.47. The molecule has 5 rings (SSSR count). The number of hydrogen-bond acceptors (Lipinski definition) is 5. The van der Waals surface area contributed by atoms with Gasteiger partial charge in [0.15, 0.2) is 5.69 Å². The number of nitrogens with zero attached hydrogens (tertiary/aromatic N) is 3. The number of rotatable bonds is 4. The minimum absolute atomic E-state index is 0.187. The van der Waals surface area contributed by atoms with E-state index in [9.17, 15) is 4.79 Å². The number of benzene rings is 1. The van der Waals surface area contributed by atoms with Gasteiger partial charge >= 0.3 is 0 Å². The van der Waals surface area contributed by atoms with Crippen molar-refractivity contribution in [3.8, 4) is 11.4 Å². The fourth-order valence-electron chi connectivity index (χ4n) is 3.44. The zero-order chi connectivity index (χ0) is 17.5. The van der Waals surface area contributed by atoms with Crippen molar-refractivity contribution in [3.63, 3.8) is 0 Å². The van der Waals surface area contributed by atoms with Crippen LogP contribution in [0.15, 0.2) is 28.8 Å². The molecule has 1 fully saturated rings. The Kier molecular flexibility index (Phi) is 3.58. The van der Waals surface area contributed by atoms with Gasteiger partial charge in [0, 0.05) is 28.4 Å². The second-order valence-corrected chi connectivity index (χ2v) is 7.00. The van der Waals surface area contributed by atoms with Gasteiger partial charge in [-0.15, -0.1) is 0 Å². The molecule has 2 aliphatic carbocycles. The van der Waals surface area contributed by atoms with Crippen molar-refractivity contribution in [2.24, 2.45) is 0 Å². The number of H-pyrrole nitrogens is 1. The van der Waals surface area contributed by atoms with Gasteiger partial charge in [-0.25, -0.2) is 0 Å². The average molecular weight is 349 g/mol. The molecule has 2 N–H and O–H groups in total. The lowest BCUT2D eigenvalue weighted by atomic mass is 9.96. The van der Waals surface area contributed by atoms with E-state index in [1.165, 1.54) is 0 Å². The van der Waals surface area contributed by atoms with Crippen molar-refractivity contribution >= 4 is 11.6 Å². The largest absolute Gasteiger partial charge is 0.339 e. The Balaban J connectivity index is 1.37. The molecule has 0 spiro atoms. The molecule has 3 aromatic rings. The zero-order valence-corrected chi connectivity index (χ0v) is 14.3. The number of aryl methyl sites for hydroxylation is 1. The minimum atomic E-state index is -0.187. The first-order valence-corrected chi connectivity index (χ1v) is 9.09. The Morgan fingerprint density at radius 2 is 2.12 bits per heavy atom. The topological polar surface area (TPSA) is 96.7 Å². The summed E-state index contributed by atoms with van der Waals surface area (Å²) in [6, 6.07) is 7.49. The van der Waals surface area contributed by atoms with Crippen molar-refractivity contribution in [2.75, 3.05) is 5.32 Å². The summed E-state index contributed by atoms with van der Waals surface area (Å²) >= 11 is 0. The quantitative estimate of drug-likeness (QED) is 0.752. The van der Waals surface area contributed by atoms with Gasteiger partial charge < -0.3 is 9.84 Å². The molecule has 0 saturated heterocycles. The number of fused-ring (bicyclic) bond motifs is 1. The molecule has 7 heteroatoms. The van der Waals surface area contributed by atoms with Gasteiger partial charge in [0.05, 0.1) is 0 Å². The summed E-state index contributed by atoms with van der Waals surface area (Å²) in [7, 11) is 0. The number of amides is 1. The van der Waals surface area contributed by atoms with Crippen LogP contribution < -0.4 is 5.32 Å². The number of carbonyl (C=O) groups excluding carboxylic acids is 1. The lowest BCUT2D eigenvalue weighted by molar-refractivity contribution is 0.102. The molecule has 132 valence electrons. The van der Waals surface area contributed by atoms with Crippen LogP contribution in [0.4, 0.5) is 5.69 Å². The summed E-state index contributed by atoms with van der Waals surface area (Å²) in [5.74, 6) is 1.50. The van der Waals surface area contributed by atoms with Crippen molar-refractivity contribution in [1.82, 2.24) is 20.3 Å². The average Bonchev–Trinajstić information content (AvgIpc) is 3.24. The van der Waals surface area contributed by atoms with E-state index in [0.717, 1.165) is 55.3 Å². The van der Waals surface area contributed by atoms with E-state index >= 15 is 0 Å². The lowest BCUT2D eigenvalue weighted by Gasteiger charge is -2.11. The molecule has 0 radical (unpaired) electrons. The first-order chi connectivity index (χ1) is 12.8. The highest BCUT2D eigenvalue weighted by atomic mass is 16.5. The maximum Gasteiger partial charge on any atom is 0.276 e. The molecule has 0 bridgehead atoms. The van der Waals surface area contributed by atoms with Crippen LogP contribution in [-0.4, -0.2) is 26.2 Å². The highest BCUT2D eigenvalue weighted by Crippen LogP contribution is 2.39. The van der Waals surface area contributed by atoms with E-state index in [0.29, 0.717) is 29.0 Å². The number of nitrogens with one attached hydrogen (secondary N) is 2. The number of hydrogen-bond donors (Lipinski definition) is 2. The van der Waals surface area contributed by atoms with Crippen molar-refractivity contribution in [1.29, 1.82) is 0 Å². The Morgan fingerprint density at radius 3 is 3.00 bits per heavy atom. The maximum atomic E-state index is 12.7. The maximum absolute atomic E-state index is 12.7. The van der Waals surface area contributed by atoms with Gasteiger partial charge in [-0.1, -0.05) is 17.3 Å².